The summed E-state index contributed by atoms with van der Waals surface area (Å²) in [4.78, 5) is 42.6. The first-order chi connectivity index (χ1) is 18.8. The molecule has 0 saturated heterocycles. The molecular formula is C33H55N3O4. The van der Waals surface area contributed by atoms with Crippen molar-refractivity contribution in [3.8, 4) is 0 Å². The maximum absolute atomic E-state index is 14.3. The molecule has 0 bridgehead atoms. The summed E-state index contributed by atoms with van der Waals surface area (Å²) in [5.41, 5.74) is 0.893. The molecule has 3 atom stereocenters. The van der Waals surface area contributed by atoms with Gasteiger partial charge in [0.2, 0.25) is 11.8 Å². The molecule has 1 aromatic rings. The summed E-state index contributed by atoms with van der Waals surface area (Å²) in [7, 11) is 0. The van der Waals surface area contributed by atoms with E-state index in [1.165, 1.54) is 6.42 Å². The van der Waals surface area contributed by atoms with E-state index in [1.807, 2.05) is 45.0 Å². The zero-order valence-electron chi connectivity index (χ0n) is 26.3. The molecule has 0 heterocycles. The van der Waals surface area contributed by atoms with Crippen molar-refractivity contribution in [3.63, 3.8) is 0 Å². The Kier molecular flexibility index (Phi) is 15.6. The first kappa shape index (κ1) is 35.2. The van der Waals surface area contributed by atoms with E-state index < -0.39 is 23.8 Å². The molecule has 3 unspecified atom stereocenters. The topological polar surface area (TPSA) is 87.7 Å². The molecule has 7 nitrogen and oxygen atoms in total. The van der Waals surface area contributed by atoms with Gasteiger partial charge in [0, 0.05) is 12.6 Å². The van der Waals surface area contributed by atoms with Gasteiger partial charge in [0.25, 0.3) is 0 Å². The summed E-state index contributed by atoms with van der Waals surface area (Å²) in [6.07, 6.45) is 9.17. The summed E-state index contributed by atoms with van der Waals surface area (Å²) >= 11 is 0. The number of nitrogens with zero attached hydrogens (tertiary/aromatic N) is 1. The molecule has 1 rings (SSSR count). The molecule has 0 radical (unpaired) electrons. The molecule has 0 saturated carbocycles. The number of carbonyl (C=O) groups is 3. The molecule has 0 aliphatic carbocycles. The second-order valence-electron chi connectivity index (χ2n) is 12.1. The second-order valence-corrected chi connectivity index (χ2v) is 12.1. The van der Waals surface area contributed by atoms with Crippen molar-refractivity contribution in [1.82, 2.24) is 15.5 Å². The van der Waals surface area contributed by atoms with Crippen LogP contribution in [0.2, 0.25) is 0 Å². The molecule has 0 spiro atoms. The summed E-state index contributed by atoms with van der Waals surface area (Å²) in [5, 5.41) is 5.94. The fourth-order valence-corrected chi connectivity index (χ4v) is 4.71. The summed E-state index contributed by atoms with van der Waals surface area (Å²) in [5.74, 6) is -0.725. The smallest absolute Gasteiger partial charge is 0.408 e. The number of hydrogen-bond donors (Lipinski definition) is 2. The van der Waals surface area contributed by atoms with Crippen molar-refractivity contribution in [2.45, 2.75) is 130 Å². The van der Waals surface area contributed by atoms with Crippen LogP contribution < -0.4 is 10.6 Å². The SMILES string of the molecule is C=Cc1cccc(C(C(=O)NC(C)CCC)N(CCCCCCCC)C(=O)C(NC(=O)OC(C)(C)C)C(C)C)c1. The van der Waals surface area contributed by atoms with Gasteiger partial charge in [-0.2, -0.15) is 0 Å². The first-order valence-electron chi connectivity index (χ1n) is 15.2. The fourth-order valence-electron chi connectivity index (χ4n) is 4.71. The monoisotopic (exact) mass is 557 g/mol. The minimum Gasteiger partial charge on any atom is -0.444 e. The highest BCUT2D eigenvalue weighted by Crippen LogP contribution is 2.26. The van der Waals surface area contributed by atoms with Crippen LogP contribution in [-0.4, -0.2) is 47.0 Å². The van der Waals surface area contributed by atoms with E-state index in [4.69, 9.17) is 4.74 Å². The van der Waals surface area contributed by atoms with Crippen LogP contribution >= 0.6 is 0 Å². The lowest BCUT2D eigenvalue weighted by Crippen LogP contribution is -2.55. The average molecular weight is 558 g/mol. The van der Waals surface area contributed by atoms with Gasteiger partial charge >= 0.3 is 6.09 Å². The molecular weight excluding hydrogens is 502 g/mol. The van der Waals surface area contributed by atoms with Crippen molar-refractivity contribution in [3.05, 3.63) is 42.0 Å². The largest absolute Gasteiger partial charge is 0.444 e. The van der Waals surface area contributed by atoms with Crippen LogP contribution in [0, 0.1) is 5.92 Å². The van der Waals surface area contributed by atoms with E-state index >= 15 is 0 Å². The number of nitrogens with one attached hydrogen (secondary N) is 2. The van der Waals surface area contributed by atoms with Gasteiger partial charge in [0.05, 0.1) is 0 Å². The van der Waals surface area contributed by atoms with E-state index in [1.54, 1.807) is 31.7 Å². The first-order valence-corrected chi connectivity index (χ1v) is 15.2. The molecule has 0 fully saturated rings. The molecule has 40 heavy (non-hydrogen) atoms. The highest BCUT2D eigenvalue weighted by molar-refractivity contribution is 5.92. The fraction of sp³-hybridized carbons (Fsp3) is 0.667. The third kappa shape index (κ3) is 12.6. The number of benzene rings is 1. The molecule has 0 aliphatic heterocycles. The Morgan fingerprint density at radius 3 is 2.20 bits per heavy atom. The lowest BCUT2D eigenvalue weighted by molar-refractivity contribution is -0.143. The second kappa shape index (κ2) is 17.8. The van der Waals surface area contributed by atoms with E-state index in [0.717, 1.165) is 56.1 Å². The number of hydrogen-bond acceptors (Lipinski definition) is 4. The van der Waals surface area contributed by atoms with E-state index in [9.17, 15) is 14.4 Å². The zero-order valence-corrected chi connectivity index (χ0v) is 26.3. The van der Waals surface area contributed by atoms with Crippen LogP contribution in [0.25, 0.3) is 6.08 Å². The quantitative estimate of drug-likeness (QED) is 0.195. The van der Waals surface area contributed by atoms with Crippen LogP contribution in [0.15, 0.2) is 30.8 Å². The van der Waals surface area contributed by atoms with Gasteiger partial charge in [-0.1, -0.05) is 97.1 Å². The maximum Gasteiger partial charge on any atom is 0.408 e. The van der Waals surface area contributed by atoms with E-state index in [-0.39, 0.29) is 23.8 Å². The zero-order chi connectivity index (χ0) is 30.3. The Morgan fingerprint density at radius 1 is 0.975 bits per heavy atom. The van der Waals surface area contributed by atoms with Gasteiger partial charge in [0.1, 0.15) is 17.7 Å². The lowest BCUT2D eigenvalue weighted by atomic mass is 9.97. The predicted octanol–water partition coefficient (Wildman–Crippen LogP) is 7.41. The standard InChI is InChI=1S/C33H55N3O4/c1-10-13-14-15-16-17-22-36(31(38)28(24(4)5)35-32(39)40-33(7,8)9)29(30(37)34-25(6)19-11-2)27-21-18-20-26(12-3)23-27/h12,18,20-21,23-25,28-29H,3,10-11,13-17,19,22H2,1-2,4-9H3,(H,34,37)(H,35,39). The van der Waals surface area contributed by atoms with Crippen molar-refractivity contribution >= 4 is 24.0 Å². The van der Waals surface area contributed by atoms with Crippen molar-refractivity contribution in [1.29, 1.82) is 0 Å². The molecule has 7 heteroatoms. The number of carbonyl (C=O) groups excluding carboxylic acids is 3. The normalized spacial score (nSPS) is 13.7. The van der Waals surface area contributed by atoms with Crippen molar-refractivity contribution < 1.29 is 19.1 Å². The Morgan fingerprint density at radius 2 is 1.62 bits per heavy atom. The van der Waals surface area contributed by atoms with Crippen LogP contribution in [0.5, 0.6) is 0 Å². The molecule has 3 amide bonds. The van der Waals surface area contributed by atoms with Gasteiger partial charge in [0.15, 0.2) is 0 Å². The third-order valence-corrected chi connectivity index (χ3v) is 6.77. The summed E-state index contributed by atoms with van der Waals surface area (Å²) in [6.45, 7) is 19.7. The highest BCUT2D eigenvalue weighted by atomic mass is 16.6. The van der Waals surface area contributed by atoms with Gasteiger partial charge in [-0.25, -0.2) is 4.79 Å². The number of unbranched alkanes of at least 4 members (excludes halogenated alkanes) is 5. The van der Waals surface area contributed by atoms with Crippen LogP contribution in [0.1, 0.15) is 124 Å². The van der Waals surface area contributed by atoms with Gasteiger partial charge in [-0.05, 0) is 63.6 Å². The Balaban J connectivity index is 3.49. The number of alkyl carbamates (subject to hydrolysis) is 1. The Labute approximate surface area is 243 Å². The van der Waals surface area contributed by atoms with Gasteiger partial charge in [-0.15, -0.1) is 0 Å². The van der Waals surface area contributed by atoms with E-state index in [2.05, 4.69) is 31.1 Å². The summed E-state index contributed by atoms with van der Waals surface area (Å²) < 4.78 is 5.48. The number of rotatable bonds is 17. The minimum atomic E-state index is -0.846. The van der Waals surface area contributed by atoms with Crippen LogP contribution in [0.4, 0.5) is 4.79 Å². The predicted molar refractivity (Wildman–Crippen MR) is 165 cm³/mol. The Bertz CT molecular complexity index is 938. The number of ether oxygens (including phenoxy) is 1. The lowest BCUT2D eigenvalue weighted by Gasteiger charge is -2.36. The van der Waals surface area contributed by atoms with Crippen molar-refractivity contribution in [2.24, 2.45) is 5.92 Å². The van der Waals surface area contributed by atoms with Gasteiger partial charge < -0.3 is 20.3 Å². The van der Waals surface area contributed by atoms with Gasteiger partial charge in [-0.3, -0.25) is 9.59 Å². The number of amides is 3. The molecule has 1 aromatic carbocycles. The highest BCUT2D eigenvalue weighted by Gasteiger charge is 2.37. The molecule has 226 valence electrons. The average Bonchev–Trinajstić information content (AvgIpc) is 2.87. The third-order valence-electron chi connectivity index (χ3n) is 6.77. The summed E-state index contributed by atoms with van der Waals surface area (Å²) in [6, 6.07) is 5.88. The Hall–Kier alpha value is -2.83. The molecule has 0 aliphatic rings. The molecule has 2 N–H and O–H groups in total. The minimum absolute atomic E-state index is 0.0330. The van der Waals surface area contributed by atoms with Crippen LogP contribution in [0.3, 0.4) is 0 Å². The molecule has 0 aromatic heterocycles. The van der Waals surface area contributed by atoms with Crippen molar-refractivity contribution in [2.75, 3.05) is 6.54 Å². The van der Waals surface area contributed by atoms with Crippen LogP contribution in [-0.2, 0) is 14.3 Å². The maximum atomic E-state index is 14.3. The van der Waals surface area contributed by atoms with E-state index in [0.29, 0.717) is 6.54 Å².